The molecule has 0 spiro atoms. The van der Waals surface area contributed by atoms with E-state index in [1.54, 1.807) is 35.8 Å². The maximum atomic E-state index is 12.2. The molecule has 106 valence electrons. The summed E-state index contributed by atoms with van der Waals surface area (Å²) in [5, 5.41) is 5.03. The summed E-state index contributed by atoms with van der Waals surface area (Å²) in [5.74, 6) is 0.330. The number of nitrogens with zero attached hydrogens (tertiary/aromatic N) is 1. The van der Waals surface area contributed by atoms with Gasteiger partial charge in [0.1, 0.15) is 5.82 Å². The highest BCUT2D eigenvalue weighted by Crippen LogP contribution is 2.23. The maximum Gasteiger partial charge on any atom is 0.263 e. The molecule has 1 saturated carbocycles. The summed E-state index contributed by atoms with van der Waals surface area (Å²) in [4.78, 5) is 5.28. The third kappa shape index (κ3) is 3.36. The van der Waals surface area contributed by atoms with Crippen molar-refractivity contribution in [2.75, 3.05) is 4.72 Å². The first-order chi connectivity index (χ1) is 9.63. The van der Waals surface area contributed by atoms with Gasteiger partial charge in [0.2, 0.25) is 0 Å². The number of sulfonamides is 1. The molecule has 7 heteroatoms. The van der Waals surface area contributed by atoms with Gasteiger partial charge >= 0.3 is 0 Å². The number of nitrogens with one attached hydrogen (secondary N) is 2. The zero-order valence-corrected chi connectivity index (χ0v) is 12.4. The normalized spacial score (nSPS) is 15.2. The van der Waals surface area contributed by atoms with Gasteiger partial charge in [-0.1, -0.05) is 6.07 Å². The Morgan fingerprint density at radius 2 is 2.20 bits per heavy atom. The third-order valence-electron chi connectivity index (χ3n) is 2.99. The number of aromatic nitrogens is 1. The molecule has 2 N–H and O–H groups in total. The first-order valence-electron chi connectivity index (χ1n) is 6.38. The lowest BCUT2D eigenvalue weighted by atomic mass is 10.4. The van der Waals surface area contributed by atoms with Crippen LogP contribution in [0.2, 0.25) is 0 Å². The Morgan fingerprint density at radius 1 is 1.35 bits per heavy atom. The summed E-state index contributed by atoms with van der Waals surface area (Å²) in [6.45, 7) is 0.731. The van der Waals surface area contributed by atoms with Crippen molar-refractivity contribution in [2.45, 2.75) is 30.3 Å². The van der Waals surface area contributed by atoms with Crippen LogP contribution in [0.15, 0.2) is 40.7 Å². The molecule has 0 radical (unpaired) electrons. The van der Waals surface area contributed by atoms with E-state index in [-0.39, 0.29) is 0 Å². The Balaban J connectivity index is 1.70. The Morgan fingerprint density at radius 3 is 2.90 bits per heavy atom. The van der Waals surface area contributed by atoms with Crippen LogP contribution in [0, 0.1) is 0 Å². The summed E-state index contributed by atoms with van der Waals surface area (Å²) >= 11 is 1.45. The average molecular weight is 309 g/mol. The van der Waals surface area contributed by atoms with Gasteiger partial charge in [-0.15, -0.1) is 11.3 Å². The fourth-order valence-electron chi connectivity index (χ4n) is 1.75. The van der Waals surface area contributed by atoms with Crippen LogP contribution in [0.4, 0.5) is 5.82 Å². The molecule has 0 aliphatic heterocycles. The monoisotopic (exact) mass is 309 g/mol. The molecule has 0 amide bonds. The fourth-order valence-corrected chi connectivity index (χ4v) is 3.98. The molecular weight excluding hydrogens is 294 g/mol. The van der Waals surface area contributed by atoms with E-state index in [2.05, 4.69) is 15.0 Å². The van der Waals surface area contributed by atoms with Crippen molar-refractivity contribution in [3.05, 3.63) is 40.7 Å². The van der Waals surface area contributed by atoms with E-state index < -0.39 is 10.0 Å². The molecule has 2 heterocycles. The van der Waals surface area contributed by atoms with Crippen LogP contribution < -0.4 is 10.0 Å². The standard InChI is InChI=1S/C13H15N3O2S2/c17-20(18,16-13-3-1-2-6-14-13)12-7-11(19-9-12)8-15-10-4-5-10/h1-3,6-7,9-10,15H,4-5,8H2,(H,14,16). The lowest BCUT2D eigenvalue weighted by Gasteiger charge is -2.04. The summed E-state index contributed by atoms with van der Waals surface area (Å²) in [7, 11) is -3.55. The quantitative estimate of drug-likeness (QED) is 0.858. The maximum absolute atomic E-state index is 12.2. The van der Waals surface area contributed by atoms with Crippen molar-refractivity contribution >= 4 is 27.2 Å². The minimum atomic E-state index is -3.55. The summed E-state index contributed by atoms with van der Waals surface area (Å²) in [5.41, 5.74) is 0. The first kappa shape index (κ1) is 13.5. The van der Waals surface area contributed by atoms with E-state index >= 15 is 0 Å². The van der Waals surface area contributed by atoms with Gasteiger partial charge < -0.3 is 5.32 Å². The molecule has 0 bridgehead atoms. The summed E-state index contributed by atoms with van der Waals surface area (Å²) < 4.78 is 26.9. The third-order valence-corrected chi connectivity index (χ3v) is 5.41. The minimum Gasteiger partial charge on any atom is -0.309 e. The number of rotatable bonds is 6. The molecule has 0 unspecified atom stereocenters. The lowest BCUT2D eigenvalue weighted by Crippen LogP contribution is -2.15. The highest BCUT2D eigenvalue weighted by atomic mass is 32.2. The van der Waals surface area contributed by atoms with Crippen molar-refractivity contribution in [1.29, 1.82) is 0 Å². The lowest BCUT2D eigenvalue weighted by molar-refractivity contribution is 0.601. The second-order valence-electron chi connectivity index (χ2n) is 4.72. The van der Waals surface area contributed by atoms with Crippen LogP contribution in [0.5, 0.6) is 0 Å². The molecule has 5 nitrogen and oxygen atoms in total. The molecule has 2 aromatic rings. The van der Waals surface area contributed by atoms with Gasteiger partial charge in [-0.25, -0.2) is 13.4 Å². The fraction of sp³-hybridized carbons (Fsp3) is 0.308. The average Bonchev–Trinajstić information content (AvgIpc) is 3.13. The Labute approximate surface area is 122 Å². The predicted molar refractivity (Wildman–Crippen MR) is 79.2 cm³/mol. The second kappa shape index (κ2) is 5.51. The van der Waals surface area contributed by atoms with Gasteiger partial charge in [0.15, 0.2) is 0 Å². The highest BCUT2D eigenvalue weighted by Gasteiger charge is 2.21. The molecule has 1 aliphatic rings. The Kier molecular flexibility index (Phi) is 3.73. The molecule has 3 rings (SSSR count). The van der Waals surface area contributed by atoms with Crippen LogP contribution in [0.3, 0.4) is 0 Å². The largest absolute Gasteiger partial charge is 0.309 e. The van der Waals surface area contributed by atoms with Crippen molar-refractivity contribution < 1.29 is 8.42 Å². The zero-order chi connectivity index (χ0) is 14.0. The molecular formula is C13H15N3O2S2. The van der Waals surface area contributed by atoms with Gasteiger partial charge in [0.25, 0.3) is 10.0 Å². The van der Waals surface area contributed by atoms with E-state index in [1.807, 2.05) is 0 Å². The van der Waals surface area contributed by atoms with E-state index in [4.69, 9.17) is 0 Å². The Hall–Kier alpha value is -1.44. The molecule has 0 aromatic carbocycles. The van der Waals surface area contributed by atoms with Crippen molar-refractivity contribution in [3.8, 4) is 0 Å². The summed E-state index contributed by atoms with van der Waals surface area (Å²) in [6, 6.07) is 7.43. The smallest absolute Gasteiger partial charge is 0.263 e. The zero-order valence-electron chi connectivity index (χ0n) is 10.7. The molecule has 20 heavy (non-hydrogen) atoms. The second-order valence-corrected chi connectivity index (χ2v) is 7.40. The van der Waals surface area contributed by atoms with Crippen LogP contribution in [-0.2, 0) is 16.6 Å². The van der Waals surface area contributed by atoms with Crippen molar-refractivity contribution in [2.24, 2.45) is 0 Å². The van der Waals surface area contributed by atoms with Crippen molar-refractivity contribution in [3.63, 3.8) is 0 Å². The number of pyridine rings is 1. The van der Waals surface area contributed by atoms with E-state index in [9.17, 15) is 8.42 Å². The van der Waals surface area contributed by atoms with Gasteiger partial charge in [-0.2, -0.15) is 0 Å². The van der Waals surface area contributed by atoms with Crippen LogP contribution >= 0.6 is 11.3 Å². The van der Waals surface area contributed by atoms with Gasteiger partial charge in [-0.05, 0) is 31.0 Å². The SMILES string of the molecule is O=S(=O)(Nc1ccccn1)c1csc(CNC2CC2)c1. The number of thiophene rings is 1. The van der Waals surface area contributed by atoms with Crippen LogP contribution in [0.1, 0.15) is 17.7 Å². The number of hydrogen-bond donors (Lipinski definition) is 2. The molecule has 0 atom stereocenters. The molecule has 0 saturated heterocycles. The summed E-state index contributed by atoms with van der Waals surface area (Å²) in [6.07, 6.45) is 3.99. The molecule has 1 aliphatic carbocycles. The van der Waals surface area contributed by atoms with Gasteiger partial charge in [-0.3, -0.25) is 4.72 Å². The van der Waals surface area contributed by atoms with Gasteiger partial charge in [0, 0.05) is 29.0 Å². The van der Waals surface area contributed by atoms with E-state index in [0.29, 0.717) is 16.8 Å². The van der Waals surface area contributed by atoms with E-state index in [0.717, 1.165) is 11.4 Å². The Bertz CT molecular complexity index is 679. The molecule has 2 aromatic heterocycles. The predicted octanol–water partition coefficient (Wildman–Crippen LogP) is 2.20. The van der Waals surface area contributed by atoms with Crippen LogP contribution in [-0.4, -0.2) is 19.4 Å². The van der Waals surface area contributed by atoms with Gasteiger partial charge in [0.05, 0.1) is 4.90 Å². The number of anilines is 1. The first-order valence-corrected chi connectivity index (χ1v) is 8.74. The molecule has 1 fully saturated rings. The highest BCUT2D eigenvalue weighted by molar-refractivity contribution is 7.92. The van der Waals surface area contributed by atoms with E-state index in [1.165, 1.54) is 24.2 Å². The van der Waals surface area contributed by atoms with Crippen LogP contribution in [0.25, 0.3) is 0 Å². The topological polar surface area (TPSA) is 71.1 Å². The minimum absolute atomic E-state index is 0.292. The number of hydrogen-bond acceptors (Lipinski definition) is 5. The van der Waals surface area contributed by atoms with Crippen molar-refractivity contribution in [1.82, 2.24) is 10.3 Å².